The van der Waals surface area contributed by atoms with Crippen LogP contribution in [0.25, 0.3) is 0 Å². The minimum Gasteiger partial charge on any atom is -0.327 e. The topological polar surface area (TPSA) is 6.48 Å². The molecule has 0 bridgehead atoms. The molecule has 2 aromatic carbocycles. The third kappa shape index (κ3) is 2.36. The molecule has 0 unspecified atom stereocenters. The molecule has 1 aliphatic heterocycles. The molecular formula is C17H20N2. The molecule has 98 valence electrons. The van der Waals surface area contributed by atoms with Crippen LogP contribution in [-0.4, -0.2) is 25.7 Å². The number of anilines is 2. The van der Waals surface area contributed by atoms with Crippen molar-refractivity contribution in [1.82, 2.24) is 4.90 Å². The number of aryl methyl sites for hydroxylation is 2. The Balaban J connectivity index is 2.13. The molecule has 0 amide bonds. The van der Waals surface area contributed by atoms with Crippen LogP contribution in [0.15, 0.2) is 48.5 Å². The lowest BCUT2D eigenvalue weighted by Crippen LogP contribution is -2.30. The van der Waals surface area contributed by atoms with Gasteiger partial charge in [-0.25, -0.2) is 0 Å². The van der Waals surface area contributed by atoms with Crippen LogP contribution in [0, 0.1) is 0 Å². The number of hydrogen-bond donors (Lipinski definition) is 0. The van der Waals surface area contributed by atoms with Gasteiger partial charge in [0.15, 0.2) is 0 Å². The van der Waals surface area contributed by atoms with Crippen molar-refractivity contribution in [3.8, 4) is 0 Å². The lowest BCUT2D eigenvalue weighted by molar-refractivity contribution is 0.418. The first-order valence-corrected chi connectivity index (χ1v) is 6.84. The molecule has 0 spiro atoms. The highest BCUT2D eigenvalue weighted by atomic mass is 15.3. The summed E-state index contributed by atoms with van der Waals surface area (Å²) in [5.74, 6) is 0. The standard InChI is InChI=1S/C17H20N2/c1-18(2)13-19-16-9-5-3-7-14(16)11-12-15-8-4-6-10-17(15)19/h3-10H,11-13H2,1-2H3. The number of fused-ring (bicyclic) bond motifs is 2. The number of benzene rings is 2. The Morgan fingerprint density at radius 2 is 1.32 bits per heavy atom. The molecule has 1 heterocycles. The van der Waals surface area contributed by atoms with Crippen LogP contribution in [0.5, 0.6) is 0 Å². The smallest absolute Gasteiger partial charge is 0.0751 e. The van der Waals surface area contributed by atoms with Gasteiger partial charge in [0.2, 0.25) is 0 Å². The highest BCUT2D eigenvalue weighted by molar-refractivity contribution is 5.70. The maximum atomic E-state index is 2.43. The minimum absolute atomic E-state index is 0.911. The zero-order valence-electron chi connectivity index (χ0n) is 11.6. The van der Waals surface area contributed by atoms with Gasteiger partial charge in [0, 0.05) is 11.4 Å². The molecule has 0 aromatic heterocycles. The van der Waals surface area contributed by atoms with E-state index in [4.69, 9.17) is 0 Å². The van der Waals surface area contributed by atoms with E-state index < -0.39 is 0 Å². The van der Waals surface area contributed by atoms with E-state index in [9.17, 15) is 0 Å². The summed E-state index contributed by atoms with van der Waals surface area (Å²) in [6.07, 6.45) is 2.24. The number of rotatable bonds is 2. The molecule has 0 atom stereocenters. The van der Waals surface area contributed by atoms with E-state index in [-0.39, 0.29) is 0 Å². The van der Waals surface area contributed by atoms with Gasteiger partial charge in [0.05, 0.1) is 6.67 Å². The second-order valence-corrected chi connectivity index (χ2v) is 5.41. The van der Waals surface area contributed by atoms with Gasteiger partial charge in [0.25, 0.3) is 0 Å². The van der Waals surface area contributed by atoms with Crippen LogP contribution in [-0.2, 0) is 12.8 Å². The van der Waals surface area contributed by atoms with Crippen molar-refractivity contribution in [3.63, 3.8) is 0 Å². The molecule has 19 heavy (non-hydrogen) atoms. The fourth-order valence-corrected chi connectivity index (χ4v) is 2.81. The highest BCUT2D eigenvalue weighted by Crippen LogP contribution is 2.35. The van der Waals surface area contributed by atoms with Crippen molar-refractivity contribution in [3.05, 3.63) is 59.7 Å². The van der Waals surface area contributed by atoms with Gasteiger partial charge in [-0.1, -0.05) is 36.4 Å². The summed E-state index contributed by atoms with van der Waals surface area (Å²) in [7, 11) is 4.24. The van der Waals surface area contributed by atoms with Gasteiger partial charge in [-0.15, -0.1) is 0 Å². The third-order valence-corrected chi connectivity index (χ3v) is 3.65. The third-order valence-electron chi connectivity index (χ3n) is 3.65. The molecule has 2 heteroatoms. The van der Waals surface area contributed by atoms with Gasteiger partial charge in [-0.2, -0.15) is 0 Å². The summed E-state index contributed by atoms with van der Waals surface area (Å²) in [6, 6.07) is 17.5. The predicted molar refractivity (Wildman–Crippen MR) is 81.0 cm³/mol. The van der Waals surface area contributed by atoms with Crippen LogP contribution in [0.2, 0.25) is 0 Å². The number of nitrogens with zero attached hydrogens (tertiary/aromatic N) is 2. The van der Waals surface area contributed by atoms with Gasteiger partial charge in [-0.3, -0.25) is 4.90 Å². The molecule has 0 radical (unpaired) electrons. The van der Waals surface area contributed by atoms with Crippen molar-refractivity contribution in [2.24, 2.45) is 0 Å². The van der Waals surface area contributed by atoms with Crippen LogP contribution >= 0.6 is 0 Å². The molecule has 0 aliphatic carbocycles. The molecule has 3 rings (SSSR count). The zero-order valence-corrected chi connectivity index (χ0v) is 11.6. The Labute approximate surface area is 115 Å². The maximum Gasteiger partial charge on any atom is 0.0751 e. The molecule has 2 nitrogen and oxygen atoms in total. The van der Waals surface area contributed by atoms with Gasteiger partial charge >= 0.3 is 0 Å². The van der Waals surface area contributed by atoms with Crippen LogP contribution in [0.4, 0.5) is 11.4 Å². The van der Waals surface area contributed by atoms with Crippen LogP contribution in [0.3, 0.4) is 0 Å². The fraction of sp³-hybridized carbons (Fsp3) is 0.294. The average molecular weight is 252 g/mol. The Kier molecular flexibility index (Phi) is 3.26. The quantitative estimate of drug-likeness (QED) is 0.808. The van der Waals surface area contributed by atoms with E-state index in [1.54, 1.807) is 0 Å². The molecule has 0 fully saturated rings. The lowest BCUT2D eigenvalue weighted by Gasteiger charge is -2.29. The lowest BCUT2D eigenvalue weighted by atomic mass is 10.0. The van der Waals surface area contributed by atoms with Crippen molar-refractivity contribution >= 4 is 11.4 Å². The largest absolute Gasteiger partial charge is 0.327 e. The Morgan fingerprint density at radius 3 is 1.79 bits per heavy atom. The van der Waals surface area contributed by atoms with E-state index in [0.717, 1.165) is 19.5 Å². The first-order chi connectivity index (χ1) is 9.25. The van der Waals surface area contributed by atoms with Crippen LogP contribution in [0.1, 0.15) is 11.1 Å². The normalized spacial score (nSPS) is 13.9. The van der Waals surface area contributed by atoms with Gasteiger partial charge < -0.3 is 4.90 Å². The molecular weight excluding hydrogens is 232 g/mol. The number of hydrogen-bond acceptors (Lipinski definition) is 2. The fourth-order valence-electron chi connectivity index (χ4n) is 2.81. The highest BCUT2D eigenvalue weighted by Gasteiger charge is 2.19. The first-order valence-electron chi connectivity index (χ1n) is 6.84. The monoisotopic (exact) mass is 252 g/mol. The molecule has 2 aromatic rings. The first kappa shape index (κ1) is 12.2. The predicted octanol–water partition coefficient (Wildman–Crippen LogP) is 3.44. The zero-order chi connectivity index (χ0) is 13.2. The summed E-state index contributed by atoms with van der Waals surface area (Å²) < 4.78 is 0. The minimum atomic E-state index is 0.911. The van der Waals surface area contributed by atoms with E-state index >= 15 is 0 Å². The Hall–Kier alpha value is -1.80. The molecule has 1 aliphatic rings. The van der Waals surface area contributed by atoms with E-state index in [1.165, 1.54) is 22.5 Å². The molecule has 0 N–H and O–H groups in total. The van der Waals surface area contributed by atoms with Crippen molar-refractivity contribution < 1.29 is 0 Å². The summed E-state index contributed by atoms with van der Waals surface area (Å²) in [4.78, 5) is 4.65. The van der Waals surface area contributed by atoms with Gasteiger partial charge in [0.1, 0.15) is 0 Å². The molecule has 0 saturated carbocycles. The summed E-state index contributed by atoms with van der Waals surface area (Å²) in [5, 5.41) is 0. The summed E-state index contributed by atoms with van der Waals surface area (Å²) in [6.45, 7) is 0.911. The summed E-state index contributed by atoms with van der Waals surface area (Å²) >= 11 is 0. The van der Waals surface area contributed by atoms with E-state index in [0.29, 0.717) is 0 Å². The Morgan fingerprint density at radius 1 is 0.842 bits per heavy atom. The van der Waals surface area contributed by atoms with E-state index in [2.05, 4.69) is 72.4 Å². The summed E-state index contributed by atoms with van der Waals surface area (Å²) in [5.41, 5.74) is 5.59. The second-order valence-electron chi connectivity index (χ2n) is 5.41. The molecule has 0 saturated heterocycles. The average Bonchev–Trinajstić information content (AvgIpc) is 2.57. The Bertz CT molecular complexity index is 527. The van der Waals surface area contributed by atoms with Crippen molar-refractivity contribution in [1.29, 1.82) is 0 Å². The SMILES string of the molecule is CN(C)CN1c2ccccc2CCc2ccccc21. The maximum absolute atomic E-state index is 2.43. The van der Waals surface area contributed by atoms with Crippen molar-refractivity contribution in [2.45, 2.75) is 12.8 Å². The van der Waals surface area contributed by atoms with Crippen molar-refractivity contribution in [2.75, 3.05) is 25.7 Å². The van der Waals surface area contributed by atoms with Crippen LogP contribution < -0.4 is 4.90 Å². The van der Waals surface area contributed by atoms with Gasteiger partial charge in [-0.05, 0) is 50.2 Å². The number of para-hydroxylation sites is 2. The van der Waals surface area contributed by atoms with E-state index in [1.807, 2.05) is 0 Å². The second kappa shape index (κ2) is 5.06.